The van der Waals surface area contributed by atoms with Gasteiger partial charge in [0.1, 0.15) is 0 Å². The minimum atomic E-state index is -0.333. The molecular formula is C16H21BrN2O2. The van der Waals surface area contributed by atoms with Crippen LogP contribution in [0.1, 0.15) is 18.4 Å². The summed E-state index contributed by atoms with van der Waals surface area (Å²) in [6.07, 6.45) is 1.95. The first kappa shape index (κ1) is 15.0. The molecule has 1 heterocycles. The predicted molar refractivity (Wildman–Crippen MR) is 85.3 cm³/mol. The summed E-state index contributed by atoms with van der Waals surface area (Å²) in [5, 5.41) is 3.09. The van der Waals surface area contributed by atoms with E-state index in [-0.39, 0.29) is 17.4 Å². The van der Waals surface area contributed by atoms with Crippen molar-refractivity contribution in [3.05, 3.63) is 34.3 Å². The summed E-state index contributed by atoms with van der Waals surface area (Å²) in [5.74, 6) is 0.131. The number of amides is 1. The number of hydrogen-bond donors (Lipinski definition) is 1. The standard InChI is InChI=1S/C16H21BrN2O2/c1-19-8-9-21-12(11-19)10-18-15(20)16(6-7-16)13-4-2-3-5-14(13)17/h2-5,12H,6-11H2,1H3,(H,18,20). The van der Waals surface area contributed by atoms with Crippen LogP contribution in [0.25, 0.3) is 0 Å². The monoisotopic (exact) mass is 352 g/mol. The van der Waals surface area contributed by atoms with Crippen molar-refractivity contribution >= 4 is 21.8 Å². The Labute approximate surface area is 134 Å². The molecule has 0 aromatic heterocycles. The van der Waals surface area contributed by atoms with Gasteiger partial charge in [-0.2, -0.15) is 0 Å². The van der Waals surface area contributed by atoms with Crippen LogP contribution in [0.2, 0.25) is 0 Å². The van der Waals surface area contributed by atoms with Crippen LogP contribution in [-0.2, 0) is 14.9 Å². The zero-order chi connectivity index (χ0) is 14.9. The Hall–Kier alpha value is -0.910. The summed E-state index contributed by atoms with van der Waals surface area (Å²) in [7, 11) is 2.08. The Morgan fingerprint density at radius 2 is 2.24 bits per heavy atom. The number of hydrogen-bond acceptors (Lipinski definition) is 3. The van der Waals surface area contributed by atoms with Gasteiger partial charge in [-0.05, 0) is 31.5 Å². The summed E-state index contributed by atoms with van der Waals surface area (Å²) >= 11 is 3.56. The fraction of sp³-hybridized carbons (Fsp3) is 0.562. The van der Waals surface area contributed by atoms with E-state index in [2.05, 4.69) is 33.2 Å². The van der Waals surface area contributed by atoms with Crippen molar-refractivity contribution < 1.29 is 9.53 Å². The zero-order valence-corrected chi connectivity index (χ0v) is 13.9. The second-order valence-corrected chi connectivity index (χ2v) is 6.88. The van der Waals surface area contributed by atoms with Gasteiger partial charge in [0, 0.05) is 24.1 Å². The highest BCUT2D eigenvalue weighted by molar-refractivity contribution is 9.10. The number of halogens is 1. The average molecular weight is 353 g/mol. The van der Waals surface area contributed by atoms with Crippen LogP contribution in [0.4, 0.5) is 0 Å². The molecule has 5 heteroatoms. The quantitative estimate of drug-likeness (QED) is 0.900. The Morgan fingerprint density at radius 1 is 1.48 bits per heavy atom. The van der Waals surface area contributed by atoms with Crippen molar-refractivity contribution in [3.63, 3.8) is 0 Å². The van der Waals surface area contributed by atoms with E-state index in [4.69, 9.17) is 4.74 Å². The minimum absolute atomic E-state index is 0.0997. The maximum atomic E-state index is 12.6. The first-order valence-corrected chi connectivity index (χ1v) is 8.24. The normalized spacial score (nSPS) is 24.6. The van der Waals surface area contributed by atoms with Gasteiger partial charge < -0.3 is 15.0 Å². The molecule has 1 atom stereocenters. The summed E-state index contributed by atoms with van der Waals surface area (Å²) in [5.41, 5.74) is 0.768. The van der Waals surface area contributed by atoms with Gasteiger partial charge in [0.25, 0.3) is 0 Å². The number of carbonyl (C=O) groups is 1. The van der Waals surface area contributed by atoms with Crippen molar-refractivity contribution in [1.82, 2.24) is 10.2 Å². The molecule has 114 valence electrons. The lowest BCUT2D eigenvalue weighted by molar-refractivity contribution is -0.124. The lowest BCUT2D eigenvalue weighted by atomic mass is 9.95. The molecule has 1 aliphatic heterocycles. The molecule has 0 bridgehead atoms. The number of carbonyl (C=O) groups excluding carboxylic acids is 1. The summed E-state index contributed by atoms with van der Waals surface area (Å²) in [6.45, 7) is 3.18. The molecule has 1 aromatic rings. The van der Waals surface area contributed by atoms with E-state index in [1.807, 2.05) is 24.3 Å². The van der Waals surface area contributed by atoms with E-state index in [9.17, 15) is 4.79 Å². The molecule has 1 aliphatic carbocycles. The topological polar surface area (TPSA) is 41.6 Å². The third kappa shape index (κ3) is 3.15. The van der Waals surface area contributed by atoms with Crippen LogP contribution in [0.15, 0.2) is 28.7 Å². The predicted octanol–water partition coefficient (Wildman–Crippen LogP) is 1.93. The van der Waals surface area contributed by atoms with Crippen LogP contribution < -0.4 is 5.32 Å². The third-order valence-corrected chi connectivity index (χ3v) is 5.10. The van der Waals surface area contributed by atoms with Crippen LogP contribution in [0, 0.1) is 0 Å². The van der Waals surface area contributed by atoms with Gasteiger partial charge in [-0.1, -0.05) is 34.1 Å². The SMILES string of the molecule is CN1CCOC(CNC(=O)C2(c3ccccc3Br)CC2)C1. The second kappa shape index (κ2) is 6.07. The lowest BCUT2D eigenvalue weighted by Crippen LogP contribution is -2.47. The Morgan fingerprint density at radius 3 is 2.90 bits per heavy atom. The van der Waals surface area contributed by atoms with Crippen LogP contribution in [0.3, 0.4) is 0 Å². The molecule has 1 saturated heterocycles. The highest BCUT2D eigenvalue weighted by Crippen LogP contribution is 2.50. The highest BCUT2D eigenvalue weighted by Gasteiger charge is 2.52. The van der Waals surface area contributed by atoms with Crippen LogP contribution >= 0.6 is 15.9 Å². The molecule has 1 N–H and O–H groups in total. The second-order valence-electron chi connectivity index (χ2n) is 6.03. The maximum Gasteiger partial charge on any atom is 0.230 e. The van der Waals surface area contributed by atoms with E-state index < -0.39 is 0 Å². The first-order valence-electron chi connectivity index (χ1n) is 7.45. The highest BCUT2D eigenvalue weighted by atomic mass is 79.9. The first-order chi connectivity index (χ1) is 10.1. The molecule has 3 rings (SSSR count). The van der Waals surface area contributed by atoms with E-state index in [0.29, 0.717) is 6.54 Å². The molecule has 0 spiro atoms. The minimum Gasteiger partial charge on any atom is -0.374 e. The average Bonchev–Trinajstić information content (AvgIpc) is 3.27. The number of nitrogens with zero attached hydrogens (tertiary/aromatic N) is 1. The van der Waals surface area contributed by atoms with E-state index in [0.717, 1.165) is 42.6 Å². The lowest BCUT2D eigenvalue weighted by Gasteiger charge is -2.30. The van der Waals surface area contributed by atoms with Crippen LogP contribution in [-0.4, -0.2) is 50.2 Å². The number of benzene rings is 1. The van der Waals surface area contributed by atoms with Crippen molar-refractivity contribution in [3.8, 4) is 0 Å². The molecule has 1 aromatic carbocycles. The summed E-state index contributed by atoms with van der Waals surface area (Å²) in [6, 6.07) is 8.02. The maximum absolute atomic E-state index is 12.6. The molecule has 2 aliphatic rings. The molecule has 4 nitrogen and oxygen atoms in total. The Balaban J connectivity index is 1.62. The van der Waals surface area contributed by atoms with Crippen molar-refractivity contribution in [2.24, 2.45) is 0 Å². The van der Waals surface area contributed by atoms with Gasteiger partial charge in [0.15, 0.2) is 0 Å². The van der Waals surface area contributed by atoms with Crippen molar-refractivity contribution in [2.45, 2.75) is 24.4 Å². The fourth-order valence-electron chi connectivity index (χ4n) is 2.96. The van der Waals surface area contributed by atoms with Gasteiger partial charge >= 0.3 is 0 Å². The Kier molecular flexibility index (Phi) is 4.33. The molecule has 0 radical (unpaired) electrons. The largest absolute Gasteiger partial charge is 0.374 e. The number of likely N-dealkylation sites (N-methyl/N-ethyl adjacent to an activating group) is 1. The van der Waals surface area contributed by atoms with Gasteiger partial charge in [0.2, 0.25) is 5.91 Å². The zero-order valence-electron chi connectivity index (χ0n) is 12.3. The van der Waals surface area contributed by atoms with E-state index in [1.165, 1.54) is 0 Å². The molecule has 1 saturated carbocycles. The third-order valence-electron chi connectivity index (χ3n) is 4.41. The number of morpholine rings is 1. The van der Waals surface area contributed by atoms with E-state index >= 15 is 0 Å². The summed E-state index contributed by atoms with van der Waals surface area (Å²) in [4.78, 5) is 14.8. The Bertz CT molecular complexity index is 531. The number of ether oxygens (including phenoxy) is 1. The van der Waals surface area contributed by atoms with E-state index in [1.54, 1.807) is 0 Å². The molecule has 21 heavy (non-hydrogen) atoms. The molecular weight excluding hydrogens is 332 g/mol. The van der Waals surface area contributed by atoms with Crippen LogP contribution in [0.5, 0.6) is 0 Å². The smallest absolute Gasteiger partial charge is 0.230 e. The van der Waals surface area contributed by atoms with Crippen molar-refractivity contribution in [2.75, 3.05) is 33.3 Å². The van der Waals surface area contributed by atoms with Gasteiger partial charge in [-0.25, -0.2) is 0 Å². The van der Waals surface area contributed by atoms with Gasteiger partial charge in [-0.3, -0.25) is 4.79 Å². The number of nitrogens with one attached hydrogen (secondary N) is 1. The number of rotatable bonds is 4. The van der Waals surface area contributed by atoms with Crippen molar-refractivity contribution in [1.29, 1.82) is 0 Å². The molecule has 1 amide bonds. The van der Waals surface area contributed by atoms with Gasteiger partial charge in [-0.15, -0.1) is 0 Å². The van der Waals surface area contributed by atoms with Gasteiger partial charge in [0.05, 0.1) is 18.1 Å². The molecule has 2 fully saturated rings. The molecule has 1 unspecified atom stereocenters. The fourth-order valence-corrected chi connectivity index (χ4v) is 3.62. The summed E-state index contributed by atoms with van der Waals surface area (Å²) < 4.78 is 6.72.